The van der Waals surface area contributed by atoms with Gasteiger partial charge in [0.25, 0.3) is 0 Å². The van der Waals surface area contributed by atoms with Crippen LogP contribution in [0, 0.1) is 5.92 Å². The summed E-state index contributed by atoms with van der Waals surface area (Å²) in [4.78, 5) is 2.39. The van der Waals surface area contributed by atoms with Gasteiger partial charge in [-0.1, -0.05) is 170 Å². The number of hydrogen-bond acceptors (Lipinski definition) is 1. The number of aromatic nitrogens is 1. The van der Waals surface area contributed by atoms with Gasteiger partial charge in [0.05, 0.1) is 11.0 Å². The molecule has 60 heavy (non-hydrogen) atoms. The first-order valence-electron chi connectivity index (χ1n) is 20.8. The van der Waals surface area contributed by atoms with E-state index in [1.807, 2.05) is 0 Å². The monoisotopic (exact) mass is 766 g/mol. The molecular weight excluding hydrogens is 725 g/mol. The summed E-state index contributed by atoms with van der Waals surface area (Å²) in [5.74, 6) is 0.448. The SMILES string of the molecule is C1=CC2=CC=C(c3cccc(-c4ccc(N(c5cccc(-c6cccc(-c7ccccc7)c6)c5)c5cccc(-n6c7ccccc7c7ccccc76)c5)cc4)c3)CC2C=C1. The van der Waals surface area contributed by atoms with E-state index in [0.29, 0.717) is 5.92 Å². The van der Waals surface area contributed by atoms with E-state index in [1.165, 1.54) is 71.9 Å². The van der Waals surface area contributed by atoms with Crippen LogP contribution in [0.15, 0.2) is 242 Å². The molecule has 2 aliphatic carbocycles. The summed E-state index contributed by atoms with van der Waals surface area (Å²) in [6, 6.07) is 72.9. The van der Waals surface area contributed by atoms with Gasteiger partial charge in [-0.2, -0.15) is 0 Å². The fourth-order valence-corrected chi connectivity index (χ4v) is 9.13. The topological polar surface area (TPSA) is 8.17 Å². The molecular formula is C58H42N2. The zero-order chi connectivity index (χ0) is 39.8. The van der Waals surface area contributed by atoms with Crippen molar-refractivity contribution in [3.05, 3.63) is 248 Å². The van der Waals surface area contributed by atoms with E-state index in [9.17, 15) is 0 Å². The Morgan fingerprint density at radius 3 is 1.68 bits per heavy atom. The molecule has 2 nitrogen and oxygen atoms in total. The average Bonchev–Trinajstić information content (AvgIpc) is 3.67. The zero-order valence-electron chi connectivity index (χ0n) is 33.2. The van der Waals surface area contributed by atoms with Gasteiger partial charge in [-0.25, -0.2) is 0 Å². The Balaban J connectivity index is 1.01. The molecule has 284 valence electrons. The summed E-state index contributed by atoms with van der Waals surface area (Å²) >= 11 is 0. The van der Waals surface area contributed by atoms with Crippen molar-refractivity contribution in [2.75, 3.05) is 4.90 Å². The van der Waals surface area contributed by atoms with E-state index < -0.39 is 0 Å². The largest absolute Gasteiger partial charge is 0.310 e. The predicted molar refractivity (Wildman–Crippen MR) is 254 cm³/mol. The van der Waals surface area contributed by atoms with Crippen molar-refractivity contribution < 1.29 is 0 Å². The summed E-state index contributed by atoms with van der Waals surface area (Å²) in [6.07, 6.45) is 14.5. The molecule has 2 heteroatoms. The van der Waals surface area contributed by atoms with Crippen molar-refractivity contribution >= 4 is 44.4 Å². The second-order valence-corrected chi connectivity index (χ2v) is 15.8. The van der Waals surface area contributed by atoms with E-state index in [1.54, 1.807) is 0 Å². The molecule has 8 aromatic carbocycles. The summed E-state index contributed by atoms with van der Waals surface area (Å²) in [7, 11) is 0. The van der Waals surface area contributed by atoms with Crippen LogP contribution in [0.25, 0.3) is 66.4 Å². The molecule has 0 N–H and O–H groups in total. The lowest BCUT2D eigenvalue weighted by Gasteiger charge is -2.27. The first-order chi connectivity index (χ1) is 29.7. The smallest absolute Gasteiger partial charge is 0.0541 e. The van der Waals surface area contributed by atoms with Crippen molar-refractivity contribution in [3.63, 3.8) is 0 Å². The maximum atomic E-state index is 2.40. The maximum absolute atomic E-state index is 2.40. The second kappa shape index (κ2) is 15.2. The molecule has 1 unspecified atom stereocenters. The Morgan fingerprint density at radius 2 is 0.950 bits per heavy atom. The van der Waals surface area contributed by atoms with Gasteiger partial charge in [0, 0.05) is 39.4 Å². The number of hydrogen-bond donors (Lipinski definition) is 0. The van der Waals surface area contributed by atoms with Gasteiger partial charge in [-0.3, -0.25) is 0 Å². The molecule has 1 aromatic heterocycles. The molecule has 0 spiro atoms. The molecule has 0 saturated carbocycles. The highest BCUT2D eigenvalue weighted by atomic mass is 15.1. The van der Waals surface area contributed by atoms with Crippen LogP contribution in [0.3, 0.4) is 0 Å². The molecule has 0 amide bonds. The van der Waals surface area contributed by atoms with Gasteiger partial charge in [0.15, 0.2) is 0 Å². The second-order valence-electron chi connectivity index (χ2n) is 15.8. The predicted octanol–water partition coefficient (Wildman–Crippen LogP) is 15.7. The van der Waals surface area contributed by atoms with Gasteiger partial charge in [0.2, 0.25) is 0 Å². The molecule has 0 fully saturated rings. The van der Waals surface area contributed by atoms with Gasteiger partial charge in [-0.15, -0.1) is 0 Å². The Bertz CT molecular complexity index is 3120. The lowest BCUT2D eigenvalue weighted by molar-refractivity contribution is 0.793. The summed E-state index contributed by atoms with van der Waals surface area (Å²) < 4.78 is 2.40. The Labute approximate surface area is 351 Å². The Kier molecular flexibility index (Phi) is 9.02. The van der Waals surface area contributed by atoms with Crippen LogP contribution in [0.2, 0.25) is 0 Å². The molecule has 1 heterocycles. The first-order valence-corrected chi connectivity index (χ1v) is 20.8. The van der Waals surface area contributed by atoms with Crippen molar-refractivity contribution in [1.29, 1.82) is 0 Å². The fourth-order valence-electron chi connectivity index (χ4n) is 9.13. The van der Waals surface area contributed by atoms with Crippen molar-refractivity contribution in [1.82, 2.24) is 4.57 Å². The van der Waals surface area contributed by atoms with E-state index in [0.717, 1.165) is 29.2 Å². The molecule has 0 radical (unpaired) electrons. The van der Waals surface area contributed by atoms with E-state index >= 15 is 0 Å². The van der Waals surface area contributed by atoms with Crippen LogP contribution in [0.5, 0.6) is 0 Å². The van der Waals surface area contributed by atoms with Gasteiger partial charge in [0.1, 0.15) is 0 Å². The normalized spacial score (nSPS) is 14.5. The summed E-state index contributed by atoms with van der Waals surface area (Å²) in [5, 5.41) is 2.51. The molecule has 0 aliphatic heterocycles. The Morgan fingerprint density at radius 1 is 0.400 bits per heavy atom. The Hall–Kier alpha value is -7.68. The minimum atomic E-state index is 0.448. The van der Waals surface area contributed by atoms with Crippen LogP contribution < -0.4 is 4.90 Å². The van der Waals surface area contributed by atoms with Crippen LogP contribution in [-0.4, -0.2) is 4.57 Å². The van der Waals surface area contributed by atoms with Crippen molar-refractivity contribution in [2.45, 2.75) is 6.42 Å². The number of fused-ring (bicyclic) bond motifs is 4. The van der Waals surface area contributed by atoms with Crippen LogP contribution in [-0.2, 0) is 0 Å². The molecule has 1 atom stereocenters. The number of allylic oxidation sites excluding steroid dienone is 8. The fraction of sp³-hybridized carbons (Fsp3) is 0.0345. The van der Waals surface area contributed by atoms with E-state index in [4.69, 9.17) is 0 Å². The minimum absolute atomic E-state index is 0.448. The van der Waals surface area contributed by atoms with E-state index in [-0.39, 0.29) is 0 Å². The highest BCUT2D eigenvalue weighted by molar-refractivity contribution is 6.09. The highest BCUT2D eigenvalue weighted by Gasteiger charge is 2.20. The maximum Gasteiger partial charge on any atom is 0.0541 e. The first kappa shape index (κ1) is 35.5. The van der Waals surface area contributed by atoms with Crippen molar-refractivity contribution in [3.8, 4) is 39.1 Å². The number of para-hydroxylation sites is 2. The third kappa shape index (κ3) is 6.59. The quantitative estimate of drug-likeness (QED) is 0.150. The average molecular weight is 767 g/mol. The van der Waals surface area contributed by atoms with Crippen LogP contribution in [0.1, 0.15) is 12.0 Å². The summed E-state index contributed by atoms with van der Waals surface area (Å²) in [5.41, 5.74) is 18.0. The molecule has 0 bridgehead atoms. The minimum Gasteiger partial charge on any atom is -0.310 e. The standard InChI is InChI=1S/C58H42N2/c1-2-14-41(15-3-1)45-18-10-20-47(36-45)49-22-12-23-52(39-49)59(53-24-13-25-54(40-53)60-57-28-8-6-26-55(57)56-27-7-9-29-58(56)60)51-34-32-43(33-35-51)46-19-11-21-48(37-46)50-31-30-42-16-4-5-17-44(42)38-50/h1-37,39-40,44H,38H2. The van der Waals surface area contributed by atoms with Crippen LogP contribution >= 0.6 is 0 Å². The highest BCUT2D eigenvalue weighted by Crippen LogP contribution is 2.41. The third-order valence-corrected chi connectivity index (χ3v) is 12.1. The van der Waals surface area contributed by atoms with Gasteiger partial charge < -0.3 is 9.47 Å². The number of rotatable bonds is 8. The summed E-state index contributed by atoms with van der Waals surface area (Å²) in [6.45, 7) is 0. The number of anilines is 3. The molecule has 0 saturated heterocycles. The zero-order valence-corrected chi connectivity index (χ0v) is 33.2. The number of nitrogens with zero attached hydrogens (tertiary/aromatic N) is 2. The van der Waals surface area contributed by atoms with Gasteiger partial charge >= 0.3 is 0 Å². The third-order valence-electron chi connectivity index (χ3n) is 12.1. The van der Waals surface area contributed by atoms with Gasteiger partial charge in [-0.05, 0) is 123 Å². The molecule has 2 aliphatic rings. The van der Waals surface area contributed by atoms with Crippen molar-refractivity contribution in [2.24, 2.45) is 5.92 Å². The van der Waals surface area contributed by atoms with Crippen LogP contribution in [0.4, 0.5) is 17.1 Å². The van der Waals surface area contributed by atoms with E-state index in [2.05, 4.69) is 246 Å². The number of benzene rings is 8. The lowest BCUT2D eigenvalue weighted by Crippen LogP contribution is -2.10. The molecule has 11 rings (SSSR count). The lowest BCUT2D eigenvalue weighted by atomic mass is 9.82. The molecule has 9 aromatic rings.